The molecule has 2 unspecified atom stereocenters. The van der Waals surface area contributed by atoms with Gasteiger partial charge in [0.05, 0.1) is 6.10 Å². The monoisotopic (exact) mass is 176 g/mol. The summed E-state index contributed by atoms with van der Waals surface area (Å²) in [5.74, 6) is -0.636. The number of aliphatic hydroxyl groups excluding tert-OH is 2. The van der Waals surface area contributed by atoms with Gasteiger partial charge in [-0.2, -0.15) is 0 Å². The summed E-state index contributed by atoms with van der Waals surface area (Å²) >= 11 is 0. The first-order chi connectivity index (χ1) is 5.57. The Morgan fingerprint density at radius 1 is 1.50 bits per heavy atom. The Bertz CT molecular complexity index is 177. The van der Waals surface area contributed by atoms with Crippen LogP contribution in [0, 0.1) is 0 Å². The topological polar surface area (TPSA) is 76.0 Å². The van der Waals surface area contributed by atoms with Gasteiger partial charge in [0.25, 0.3) is 0 Å². The van der Waals surface area contributed by atoms with E-state index in [2.05, 4.69) is 4.74 Å². The van der Waals surface area contributed by atoms with Crippen LogP contribution in [0.2, 0.25) is 0 Å². The molecule has 0 aliphatic carbocycles. The zero-order chi connectivity index (χ0) is 9.30. The van der Waals surface area contributed by atoms with Crippen LogP contribution in [0.4, 0.5) is 0 Å². The Labute approximate surface area is 69.9 Å². The highest BCUT2D eigenvalue weighted by Crippen LogP contribution is 2.17. The maximum atomic E-state index is 11.1. The Kier molecular flexibility index (Phi) is 2.79. The first kappa shape index (κ1) is 9.60. The summed E-state index contributed by atoms with van der Waals surface area (Å²) in [7, 11) is 1.31. The molecule has 0 bridgehead atoms. The average molecular weight is 176 g/mol. The molecule has 1 rings (SSSR count). The number of hydrogen-bond acceptors (Lipinski definition) is 5. The fourth-order valence-corrected chi connectivity index (χ4v) is 1.08. The number of methoxy groups -OCH3 is 1. The minimum Gasteiger partial charge on any atom is -0.387 e. The van der Waals surface area contributed by atoms with Gasteiger partial charge in [-0.15, -0.1) is 0 Å². The largest absolute Gasteiger partial charge is 0.387 e. The summed E-state index contributed by atoms with van der Waals surface area (Å²) in [6, 6.07) is 0. The molecule has 5 heteroatoms. The van der Waals surface area contributed by atoms with Gasteiger partial charge in [0.15, 0.2) is 0 Å². The van der Waals surface area contributed by atoms with E-state index in [4.69, 9.17) is 9.84 Å². The quantitative estimate of drug-likeness (QED) is 0.517. The van der Waals surface area contributed by atoms with E-state index in [0.717, 1.165) is 0 Å². The van der Waals surface area contributed by atoms with Crippen molar-refractivity contribution in [3.63, 3.8) is 0 Å². The molecular weight excluding hydrogens is 164 g/mol. The van der Waals surface area contributed by atoms with Gasteiger partial charge in [0.2, 0.25) is 12.1 Å². The van der Waals surface area contributed by atoms with Gasteiger partial charge in [-0.1, -0.05) is 0 Å². The van der Waals surface area contributed by atoms with Crippen molar-refractivity contribution in [3.05, 3.63) is 0 Å². The normalized spacial score (nSPS) is 43.2. The number of carbonyl (C=O) groups is 1. The Morgan fingerprint density at radius 2 is 2.08 bits per heavy atom. The predicted octanol–water partition coefficient (Wildman–Crippen LogP) is -1.33. The summed E-state index contributed by atoms with van der Waals surface area (Å²) in [5, 5.41) is 18.3. The first-order valence-corrected chi connectivity index (χ1v) is 3.66. The van der Waals surface area contributed by atoms with Crippen LogP contribution < -0.4 is 0 Å². The molecule has 1 aliphatic heterocycles. The zero-order valence-electron chi connectivity index (χ0n) is 6.93. The van der Waals surface area contributed by atoms with Gasteiger partial charge < -0.3 is 19.7 Å². The molecule has 4 atom stereocenters. The third-order valence-corrected chi connectivity index (χ3v) is 1.88. The molecule has 1 heterocycles. The highest BCUT2D eigenvalue weighted by atomic mass is 16.7. The SMILES string of the molecule is CO[C@H]1OC(C)[C@@H](O)C(O)C1=O. The summed E-state index contributed by atoms with van der Waals surface area (Å²) in [4.78, 5) is 11.1. The lowest BCUT2D eigenvalue weighted by atomic mass is 10.0. The minimum atomic E-state index is -1.40. The van der Waals surface area contributed by atoms with Crippen molar-refractivity contribution in [2.45, 2.75) is 31.5 Å². The molecule has 0 aromatic heterocycles. The Hall–Kier alpha value is -0.490. The lowest BCUT2D eigenvalue weighted by Gasteiger charge is -2.32. The van der Waals surface area contributed by atoms with Crippen LogP contribution >= 0.6 is 0 Å². The van der Waals surface area contributed by atoms with E-state index in [9.17, 15) is 9.90 Å². The molecule has 70 valence electrons. The summed E-state index contributed by atoms with van der Waals surface area (Å²) in [5.41, 5.74) is 0. The van der Waals surface area contributed by atoms with Crippen LogP contribution in [-0.4, -0.2) is 47.7 Å². The van der Waals surface area contributed by atoms with Crippen LogP contribution in [-0.2, 0) is 14.3 Å². The predicted molar refractivity (Wildman–Crippen MR) is 38.4 cm³/mol. The molecule has 0 amide bonds. The molecule has 5 nitrogen and oxygen atoms in total. The minimum absolute atomic E-state index is 0.595. The third kappa shape index (κ3) is 1.49. The summed E-state index contributed by atoms with van der Waals surface area (Å²) in [6.45, 7) is 1.56. The van der Waals surface area contributed by atoms with Crippen LogP contribution in [0.1, 0.15) is 6.92 Å². The van der Waals surface area contributed by atoms with Gasteiger partial charge >= 0.3 is 0 Å². The standard InChI is InChI=1S/C7H12O5/c1-3-4(8)5(9)6(10)7(11-2)12-3/h3-5,7-9H,1-2H3/t3?,4-,5?,7+/m1/s1. The second-order valence-corrected chi connectivity index (χ2v) is 2.75. The van der Waals surface area contributed by atoms with E-state index in [1.165, 1.54) is 7.11 Å². The second kappa shape index (κ2) is 3.49. The summed E-state index contributed by atoms with van der Waals surface area (Å²) in [6.07, 6.45) is -4.22. The van der Waals surface area contributed by atoms with Gasteiger partial charge in [-0.05, 0) is 6.92 Å². The van der Waals surface area contributed by atoms with Crippen molar-refractivity contribution in [2.24, 2.45) is 0 Å². The van der Waals surface area contributed by atoms with E-state index >= 15 is 0 Å². The van der Waals surface area contributed by atoms with Crippen molar-refractivity contribution in [3.8, 4) is 0 Å². The van der Waals surface area contributed by atoms with Gasteiger partial charge in [0, 0.05) is 7.11 Å². The summed E-state index contributed by atoms with van der Waals surface area (Å²) < 4.78 is 9.60. The number of rotatable bonds is 1. The van der Waals surface area contributed by atoms with Crippen LogP contribution in [0.5, 0.6) is 0 Å². The van der Waals surface area contributed by atoms with E-state index in [0.29, 0.717) is 0 Å². The van der Waals surface area contributed by atoms with Crippen LogP contribution in [0.15, 0.2) is 0 Å². The van der Waals surface area contributed by atoms with E-state index in [1.807, 2.05) is 0 Å². The highest BCUT2D eigenvalue weighted by molar-refractivity contribution is 5.87. The van der Waals surface area contributed by atoms with E-state index in [-0.39, 0.29) is 0 Å². The van der Waals surface area contributed by atoms with Crippen molar-refractivity contribution < 1.29 is 24.5 Å². The lowest BCUT2D eigenvalue weighted by molar-refractivity contribution is -0.224. The van der Waals surface area contributed by atoms with Crippen LogP contribution in [0.25, 0.3) is 0 Å². The molecule has 0 aromatic rings. The van der Waals surface area contributed by atoms with Crippen LogP contribution in [0.3, 0.4) is 0 Å². The Morgan fingerprint density at radius 3 is 2.58 bits per heavy atom. The molecule has 0 radical (unpaired) electrons. The maximum Gasteiger partial charge on any atom is 0.220 e. The zero-order valence-corrected chi connectivity index (χ0v) is 6.93. The van der Waals surface area contributed by atoms with Crippen molar-refractivity contribution in [1.29, 1.82) is 0 Å². The number of hydrogen-bond donors (Lipinski definition) is 2. The molecule has 1 fully saturated rings. The number of carbonyl (C=O) groups excluding carboxylic acids is 1. The number of Topliss-reactive ketones (excluding diaryl/α,β-unsaturated/α-hetero) is 1. The maximum absolute atomic E-state index is 11.1. The molecule has 12 heavy (non-hydrogen) atoms. The molecule has 0 saturated carbocycles. The fourth-order valence-electron chi connectivity index (χ4n) is 1.08. The first-order valence-electron chi connectivity index (χ1n) is 3.66. The molecule has 1 aliphatic rings. The number of aliphatic hydroxyl groups is 2. The molecule has 0 spiro atoms. The number of ketones is 1. The highest BCUT2D eigenvalue weighted by Gasteiger charge is 2.41. The smallest absolute Gasteiger partial charge is 0.220 e. The van der Waals surface area contributed by atoms with E-state index in [1.54, 1.807) is 6.92 Å². The second-order valence-electron chi connectivity index (χ2n) is 2.75. The molecule has 2 N–H and O–H groups in total. The van der Waals surface area contributed by atoms with Crippen molar-refractivity contribution >= 4 is 5.78 Å². The molecule has 1 saturated heterocycles. The third-order valence-electron chi connectivity index (χ3n) is 1.88. The average Bonchev–Trinajstić information content (AvgIpc) is 2.08. The van der Waals surface area contributed by atoms with Crippen molar-refractivity contribution in [1.82, 2.24) is 0 Å². The lowest BCUT2D eigenvalue weighted by Crippen LogP contribution is -2.54. The molecule has 0 aromatic carbocycles. The van der Waals surface area contributed by atoms with Gasteiger partial charge in [-0.25, -0.2) is 0 Å². The fraction of sp³-hybridized carbons (Fsp3) is 0.857. The van der Waals surface area contributed by atoms with Crippen molar-refractivity contribution in [2.75, 3.05) is 7.11 Å². The number of ether oxygens (including phenoxy) is 2. The van der Waals surface area contributed by atoms with E-state index < -0.39 is 30.4 Å². The molecular formula is C7H12O5. The van der Waals surface area contributed by atoms with Gasteiger partial charge in [0.1, 0.15) is 12.2 Å². The van der Waals surface area contributed by atoms with Gasteiger partial charge in [-0.3, -0.25) is 4.79 Å². The Balaban J connectivity index is 2.70.